The zero-order valence-electron chi connectivity index (χ0n) is 4.83. The molecule has 0 saturated heterocycles. The highest BCUT2D eigenvalue weighted by molar-refractivity contribution is 6.17. The lowest BCUT2D eigenvalue weighted by atomic mass is 10.3. The molecule has 0 spiro atoms. The lowest BCUT2D eigenvalue weighted by Crippen LogP contribution is -2.32. The molecule has 0 aromatic carbocycles. The fourth-order valence-electron chi connectivity index (χ4n) is 0.541. The van der Waals surface area contributed by atoms with Crippen molar-refractivity contribution >= 4 is 12.4 Å². The molecular formula is C5H9N3. The molecule has 1 aliphatic rings. The summed E-state index contributed by atoms with van der Waals surface area (Å²) in [5.74, 6) is -0.625. The van der Waals surface area contributed by atoms with Crippen LogP contribution in [0.3, 0.4) is 0 Å². The van der Waals surface area contributed by atoms with Crippen molar-refractivity contribution in [3.8, 4) is 0 Å². The molecule has 0 radical (unpaired) electrons. The predicted molar refractivity (Wildman–Crippen MR) is 34.2 cm³/mol. The van der Waals surface area contributed by atoms with Crippen LogP contribution < -0.4 is 5.73 Å². The third-order valence-electron chi connectivity index (χ3n) is 1.18. The van der Waals surface area contributed by atoms with Crippen LogP contribution in [-0.2, 0) is 0 Å². The number of rotatable bonds is 1. The maximum absolute atomic E-state index is 5.56. The average Bonchev–Trinajstić information content (AvgIpc) is 2.17. The van der Waals surface area contributed by atoms with Crippen LogP contribution in [0.15, 0.2) is 9.98 Å². The molecule has 0 amide bonds. The molecule has 0 unspecified atom stereocenters. The quantitative estimate of drug-likeness (QED) is 0.515. The monoisotopic (exact) mass is 111 g/mol. The molecule has 2 N–H and O–H groups in total. The molecule has 0 atom stereocenters. The minimum Gasteiger partial charge on any atom is -0.288 e. The molecule has 1 rings (SSSR count). The van der Waals surface area contributed by atoms with E-state index in [-0.39, 0.29) is 0 Å². The standard InChI is InChI=1S/C5H9N3/c1-2-5(6)7-3-4-8-5/h3-4H,2,6H2,1H3. The van der Waals surface area contributed by atoms with Gasteiger partial charge in [0.25, 0.3) is 0 Å². The first kappa shape index (κ1) is 5.44. The minimum atomic E-state index is -0.625. The van der Waals surface area contributed by atoms with E-state index in [1.54, 1.807) is 12.4 Å². The molecule has 3 nitrogen and oxygen atoms in total. The third-order valence-corrected chi connectivity index (χ3v) is 1.18. The Bertz CT molecular complexity index is 125. The SMILES string of the molecule is CCC1(N)N=CC=N1. The Morgan fingerprint density at radius 3 is 2.25 bits per heavy atom. The van der Waals surface area contributed by atoms with Gasteiger partial charge in [-0.1, -0.05) is 6.92 Å². The number of hydrogen-bond acceptors (Lipinski definition) is 3. The second-order valence-corrected chi connectivity index (χ2v) is 1.79. The second-order valence-electron chi connectivity index (χ2n) is 1.79. The van der Waals surface area contributed by atoms with Crippen molar-refractivity contribution in [3.63, 3.8) is 0 Å². The van der Waals surface area contributed by atoms with Crippen LogP contribution in [0.4, 0.5) is 0 Å². The highest BCUT2D eigenvalue weighted by atomic mass is 15.2. The number of nitrogens with zero attached hydrogens (tertiary/aromatic N) is 2. The third kappa shape index (κ3) is 0.767. The van der Waals surface area contributed by atoms with Crippen molar-refractivity contribution in [2.45, 2.75) is 19.1 Å². The van der Waals surface area contributed by atoms with Gasteiger partial charge in [-0.15, -0.1) is 0 Å². The first-order chi connectivity index (χ1) is 3.77. The van der Waals surface area contributed by atoms with E-state index in [0.29, 0.717) is 0 Å². The molecule has 1 heterocycles. The largest absolute Gasteiger partial charge is 0.288 e. The average molecular weight is 111 g/mol. The van der Waals surface area contributed by atoms with Gasteiger partial charge in [0.15, 0.2) is 0 Å². The summed E-state index contributed by atoms with van der Waals surface area (Å²) in [6.07, 6.45) is 4.02. The number of nitrogens with two attached hydrogens (primary N) is 1. The van der Waals surface area contributed by atoms with E-state index >= 15 is 0 Å². The molecule has 0 aromatic rings. The van der Waals surface area contributed by atoms with Crippen molar-refractivity contribution in [1.82, 2.24) is 0 Å². The lowest BCUT2D eigenvalue weighted by Gasteiger charge is -2.12. The normalized spacial score (nSPS) is 22.2. The Balaban J connectivity index is 2.69. The summed E-state index contributed by atoms with van der Waals surface area (Å²) < 4.78 is 0. The van der Waals surface area contributed by atoms with Gasteiger partial charge in [0, 0.05) is 18.9 Å². The van der Waals surface area contributed by atoms with E-state index in [1.165, 1.54) is 0 Å². The first-order valence-electron chi connectivity index (χ1n) is 2.65. The van der Waals surface area contributed by atoms with Gasteiger partial charge in [0.2, 0.25) is 5.79 Å². The van der Waals surface area contributed by atoms with Crippen molar-refractivity contribution < 1.29 is 0 Å². The molecule has 44 valence electrons. The van der Waals surface area contributed by atoms with Gasteiger partial charge in [-0.05, 0) is 0 Å². The minimum absolute atomic E-state index is 0.625. The van der Waals surface area contributed by atoms with Gasteiger partial charge in [0.05, 0.1) is 0 Å². The van der Waals surface area contributed by atoms with Gasteiger partial charge in [-0.2, -0.15) is 0 Å². The van der Waals surface area contributed by atoms with E-state index in [1.807, 2.05) is 6.92 Å². The van der Waals surface area contributed by atoms with Gasteiger partial charge in [0.1, 0.15) is 0 Å². The van der Waals surface area contributed by atoms with Crippen LogP contribution in [0.25, 0.3) is 0 Å². The van der Waals surface area contributed by atoms with Gasteiger partial charge >= 0.3 is 0 Å². The van der Waals surface area contributed by atoms with Gasteiger partial charge in [-0.25, -0.2) is 9.98 Å². The summed E-state index contributed by atoms with van der Waals surface area (Å²) in [6, 6.07) is 0. The van der Waals surface area contributed by atoms with E-state index in [4.69, 9.17) is 5.73 Å². The summed E-state index contributed by atoms with van der Waals surface area (Å²) in [5, 5.41) is 0. The molecular weight excluding hydrogens is 102 g/mol. The Kier molecular flexibility index (Phi) is 1.13. The molecule has 8 heavy (non-hydrogen) atoms. The maximum atomic E-state index is 5.56. The van der Waals surface area contributed by atoms with Crippen molar-refractivity contribution in [2.24, 2.45) is 15.7 Å². The zero-order valence-corrected chi connectivity index (χ0v) is 4.83. The number of hydrogen-bond donors (Lipinski definition) is 1. The molecule has 0 fully saturated rings. The van der Waals surface area contributed by atoms with Crippen LogP contribution in [0.1, 0.15) is 13.3 Å². The zero-order chi connectivity index (χ0) is 6.04. The lowest BCUT2D eigenvalue weighted by molar-refractivity contribution is 0.464. The highest BCUT2D eigenvalue weighted by Crippen LogP contribution is 2.10. The van der Waals surface area contributed by atoms with E-state index in [2.05, 4.69) is 9.98 Å². The number of aliphatic imine (C=N–C) groups is 2. The summed E-state index contributed by atoms with van der Waals surface area (Å²) >= 11 is 0. The summed E-state index contributed by atoms with van der Waals surface area (Å²) in [4.78, 5) is 7.83. The fraction of sp³-hybridized carbons (Fsp3) is 0.600. The van der Waals surface area contributed by atoms with Gasteiger partial charge in [-0.3, -0.25) is 5.73 Å². The van der Waals surface area contributed by atoms with Gasteiger partial charge < -0.3 is 0 Å². The van der Waals surface area contributed by atoms with Crippen LogP contribution >= 0.6 is 0 Å². The Hall–Kier alpha value is -0.700. The predicted octanol–water partition coefficient (Wildman–Crippen LogP) is 0.164. The summed E-state index contributed by atoms with van der Waals surface area (Å²) in [5.41, 5.74) is 5.56. The molecule has 0 saturated carbocycles. The van der Waals surface area contributed by atoms with E-state index in [9.17, 15) is 0 Å². The van der Waals surface area contributed by atoms with Crippen molar-refractivity contribution in [2.75, 3.05) is 0 Å². The van der Waals surface area contributed by atoms with Crippen LogP contribution in [-0.4, -0.2) is 18.2 Å². The molecule has 0 bridgehead atoms. The molecule has 0 aromatic heterocycles. The van der Waals surface area contributed by atoms with E-state index in [0.717, 1.165) is 6.42 Å². The van der Waals surface area contributed by atoms with Crippen LogP contribution in [0.5, 0.6) is 0 Å². The van der Waals surface area contributed by atoms with Crippen LogP contribution in [0, 0.1) is 0 Å². The second kappa shape index (κ2) is 1.67. The Morgan fingerprint density at radius 1 is 1.50 bits per heavy atom. The molecule has 3 heteroatoms. The maximum Gasteiger partial charge on any atom is 0.201 e. The summed E-state index contributed by atoms with van der Waals surface area (Å²) in [6.45, 7) is 1.96. The molecule has 1 aliphatic heterocycles. The van der Waals surface area contributed by atoms with E-state index < -0.39 is 5.79 Å². The topological polar surface area (TPSA) is 50.7 Å². The molecule has 0 aliphatic carbocycles. The first-order valence-corrected chi connectivity index (χ1v) is 2.65. The Labute approximate surface area is 48.3 Å². The smallest absolute Gasteiger partial charge is 0.201 e. The fourth-order valence-corrected chi connectivity index (χ4v) is 0.541. The highest BCUT2D eigenvalue weighted by Gasteiger charge is 2.19. The Morgan fingerprint density at radius 2 is 2.00 bits per heavy atom. The van der Waals surface area contributed by atoms with Crippen LogP contribution in [0.2, 0.25) is 0 Å². The van der Waals surface area contributed by atoms with Crippen molar-refractivity contribution in [1.29, 1.82) is 0 Å². The summed E-state index contributed by atoms with van der Waals surface area (Å²) in [7, 11) is 0. The van der Waals surface area contributed by atoms with Crippen molar-refractivity contribution in [3.05, 3.63) is 0 Å².